The number of nitrogens with zero attached hydrogens (tertiary/aromatic N) is 2. The summed E-state index contributed by atoms with van der Waals surface area (Å²) in [7, 11) is 1.80. The number of amides is 1. The maximum atomic E-state index is 12.6. The second-order valence-electron chi connectivity index (χ2n) is 5.94. The fourth-order valence-electron chi connectivity index (χ4n) is 2.61. The largest absolute Gasteiger partial charge is 0.451 e. The SMILES string of the molecule is Cc1ccnc(CC(C)N(C)C(=O)c2cc3ccccc3o2)c1. The predicted octanol–water partition coefficient (Wildman–Crippen LogP) is 3.84. The van der Waals surface area contributed by atoms with Crippen LogP contribution in [0.5, 0.6) is 0 Å². The molecule has 118 valence electrons. The Morgan fingerprint density at radius 3 is 2.78 bits per heavy atom. The normalized spacial score (nSPS) is 12.3. The summed E-state index contributed by atoms with van der Waals surface area (Å²) in [6, 6.07) is 13.5. The van der Waals surface area contributed by atoms with Crippen LogP contribution >= 0.6 is 0 Å². The van der Waals surface area contributed by atoms with Crippen molar-refractivity contribution in [1.29, 1.82) is 0 Å². The number of aryl methyl sites for hydroxylation is 1. The van der Waals surface area contributed by atoms with E-state index in [-0.39, 0.29) is 11.9 Å². The molecule has 0 aliphatic carbocycles. The van der Waals surface area contributed by atoms with E-state index in [1.54, 1.807) is 24.2 Å². The first kappa shape index (κ1) is 15.3. The summed E-state index contributed by atoms with van der Waals surface area (Å²) >= 11 is 0. The van der Waals surface area contributed by atoms with Gasteiger partial charge in [0.05, 0.1) is 0 Å². The lowest BCUT2D eigenvalue weighted by Gasteiger charge is -2.23. The van der Waals surface area contributed by atoms with Gasteiger partial charge in [-0.2, -0.15) is 0 Å². The molecule has 0 bridgehead atoms. The van der Waals surface area contributed by atoms with Gasteiger partial charge < -0.3 is 9.32 Å². The average Bonchev–Trinajstić information content (AvgIpc) is 2.97. The van der Waals surface area contributed by atoms with Gasteiger partial charge in [0.15, 0.2) is 5.76 Å². The zero-order chi connectivity index (χ0) is 16.4. The van der Waals surface area contributed by atoms with Gasteiger partial charge in [-0.1, -0.05) is 18.2 Å². The van der Waals surface area contributed by atoms with Crippen molar-refractivity contribution < 1.29 is 9.21 Å². The van der Waals surface area contributed by atoms with E-state index in [0.717, 1.165) is 16.7 Å². The van der Waals surface area contributed by atoms with Gasteiger partial charge in [0, 0.05) is 36.8 Å². The third-order valence-corrected chi connectivity index (χ3v) is 4.09. The van der Waals surface area contributed by atoms with Gasteiger partial charge in [0.1, 0.15) is 5.58 Å². The Hall–Kier alpha value is -2.62. The van der Waals surface area contributed by atoms with Crippen LogP contribution < -0.4 is 0 Å². The number of pyridine rings is 1. The maximum absolute atomic E-state index is 12.6. The van der Waals surface area contributed by atoms with Gasteiger partial charge in [0.25, 0.3) is 5.91 Å². The number of carbonyl (C=O) groups excluding carboxylic acids is 1. The van der Waals surface area contributed by atoms with E-state index in [4.69, 9.17) is 4.42 Å². The molecule has 2 heterocycles. The summed E-state index contributed by atoms with van der Waals surface area (Å²) < 4.78 is 5.66. The number of likely N-dealkylation sites (N-methyl/N-ethyl adjacent to an activating group) is 1. The summed E-state index contributed by atoms with van der Waals surface area (Å²) in [6.45, 7) is 4.06. The monoisotopic (exact) mass is 308 g/mol. The molecule has 1 unspecified atom stereocenters. The molecule has 0 saturated carbocycles. The molecule has 0 N–H and O–H groups in total. The highest BCUT2D eigenvalue weighted by Crippen LogP contribution is 2.20. The maximum Gasteiger partial charge on any atom is 0.289 e. The Balaban J connectivity index is 1.75. The molecule has 23 heavy (non-hydrogen) atoms. The molecule has 3 aromatic rings. The van der Waals surface area contributed by atoms with Crippen molar-refractivity contribution in [2.24, 2.45) is 0 Å². The van der Waals surface area contributed by atoms with Gasteiger partial charge in [-0.25, -0.2) is 0 Å². The molecular weight excluding hydrogens is 288 g/mol. The Kier molecular flexibility index (Phi) is 4.15. The van der Waals surface area contributed by atoms with Crippen molar-refractivity contribution in [2.75, 3.05) is 7.05 Å². The topological polar surface area (TPSA) is 46.3 Å². The van der Waals surface area contributed by atoms with Crippen LogP contribution in [0.1, 0.15) is 28.7 Å². The van der Waals surface area contributed by atoms with Gasteiger partial charge in [0.2, 0.25) is 0 Å². The Morgan fingerprint density at radius 1 is 1.26 bits per heavy atom. The highest BCUT2D eigenvalue weighted by molar-refractivity contribution is 5.96. The first-order valence-electron chi connectivity index (χ1n) is 7.72. The van der Waals surface area contributed by atoms with Crippen molar-refractivity contribution in [3.63, 3.8) is 0 Å². The third kappa shape index (κ3) is 3.26. The van der Waals surface area contributed by atoms with Crippen molar-refractivity contribution in [1.82, 2.24) is 9.88 Å². The van der Waals surface area contributed by atoms with E-state index in [1.165, 1.54) is 5.56 Å². The fourth-order valence-corrected chi connectivity index (χ4v) is 2.61. The number of para-hydroxylation sites is 1. The lowest BCUT2D eigenvalue weighted by Crippen LogP contribution is -2.36. The highest BCUT2D eigenvalue weighted by Gasteiger charge is 2.21. The quantitative estimate of drug-likeness (QED) is 0.735. The number of furan rings is 1. The number of fused-ring (bicyclic) bond motifs is 1. The summed E-state index contributed by atoms with van der Waals surface area (Å²) in [6.07, 6.45) is 2.52. The first-order chi connectivity index (χ1) is 11.0. The van der Waals surface area contributed by atoms with Gasteiger partial charge in [-0.05, 0) is 43.7 Å². The lowest BCUT2D eigenvalue weighted by atomic mass is 10.1. The van der Waals surface area contributed by atoms with Crippen LogP contribution in [0.4, 0.5) is 0 Å². The number of rotatable bonds is 4. The van der Waals surface area contributed by atoms with E-state index >= 15 is 0 Å². The summed E-state index contributed by atoms with van der Waals surface area (Å²) in [5.41, 5.74) is 2.90. The molecule has 0 fully saturated rings. The van der Waals surface area contributed by atoms with Crippen molar-refractivity contribution >= 4 is 16.9 Å². The van der Waals surface area contributed by atoms with E-state index < -0.39 is 0 Å². The Labute approximate surface area is 135 Å². The number of benzene rings is 1. The average molecular weight is 308 g/mol. The van der Waals surface area contributed by atoms with Gasteiger partial charge in [-0.15, -0.1) is 0 Å². The van der Waals surface area contributed by atoms with Crippen LogP contribution in [0.15, 0.2) is 53.1 Å². The van der Waals surface area contributed by atoms with Crippen molar-refractivity contribution in [3.05, 3.63) is 65.7 Å². The summed E-state index contributed by atoms with van der Waals surface area (Å²) in [5.74, 6) is 0.263. The molecular formula is C19H20N2O2. The van der Waals surface area contributed by atoms with E-state index in [0.29, 0.717) is 12.2 Å². The van der Waals surface area contributed by atoms with Crippen LogP contribution in [0.2, 0.25) is 0 Å². The first-order valence-corrected chi connectivity index (χ1v) is 7.72. The zero-order valence-electron chi connectivity index (χ0n) is 13.6. The standard InChI is InChI=1S/C19H20N2O2/c1-13-8-9-20-16(10-13)11-14(2)21(3)19(22)18-12-15-6-4-5-7-17(15)23-18/h4-10,12,14H,11H2,1-3H3. The molecule has 4 heteroatoms. The Morgan fingerprint density at radius 2 is 2.04 bits per heavy atom. The molecule has 4 nitrogen and oxygen atoms in total. The third-order valence-electron chi connectivity index (χ3n) is 4.09. The molecule has 0 aliphatic rings. The molecule has 1 atom stereocenters. The summed E-state index contributed by atoms with van der Waals surface area (Å²) in [5, 5.41) is 0.942. The van der Waals surface area contributed by atoms with Crippen molar-refractivity contribution in [3.8, 4) is 0 Å². The molecule has 1 amide bonds. The Bertz CT molecular complexity index is 805. The number of hydrogen-bond acceptors (Lipinski definition) is 3. The second kappa shape index (κ2) is 6.24. The number of hydrogen-bond donors (Lipinski definition) is 0. The van der Waals surface area contributed by atoms with Crippen LogP contribution in [-0.4, -0.2) is 28.9 Å². The molecule has 0 saturated heterocycles. The highest BCUT2D eigenvalue weighted by atomic mass is 16.3. The van der Waals surface area contributed by atoms with Crippen LogP contribution in [-0.2, 0) is 6.42 Å². The van der Waals surface area contributed by atoms with E-state index in [2.05, 4.69) is 11.1 Å². The van der Waals surface area contributed by atoms with Gasteiger partial charge >= 0.3 is 0 Å². The molecule has 3 rings (SSSR count). The number of aromatic nitrogens is 1. The molecule has 0 aliphatic heterocycles. The van der Waals surface area contributed by atoms with Crippen LogP contribution in [0, 0.1) is 6.92 Å². The molecule has 1 aromatic carbocycles. The lowest BCUT2D eigenvalue weighted by molar-refractivity contribution is 0.0713. The summed E-state index contributed by atoms with van der Waals surface area (Å²) in [4.78, 5) is 18.7. The minimum atomic E-state index is -0.110. The minimum absolute atomic E-state index is 0.0324. The van der Waals surface area contributed by atoms with E-state index in [9.17, 15) is 4.79 Å². The van der Waals surface area contributed by atoms with Crippen LogP contribution in [0.3, 0.4) is 0 Å². The second-order valence-corrected chi connectivity index (χ2v) is 5.94. The smallest absolute Gasteiger partial charge is 0.289 e. The number of carbonyl (C=O) groups is 1. The van der Waals surface area contributed by atoms with Gasteiger partial charge in [-0.3, -0.25) is 9.78 Å². The zero-order valence-corrected chi connectivity index (χ0v) is 13.6. The minimum Gasteiger partial charge on any atom is -0.451 e. The fraction of sp³-hybridized carbons (Fsp3) is 0.263. The van der Waals surface area contributed by atoms with Crippen molar-refractivity contribution in [2.45, 2.75) is 26.3 Å². The molecule has 0 spiro atoms. The van der Waals surface area contributed by atoms with E-state index in [1.807, 2.05) is 44.2 Å². The molecule has 2 aromatic heterocycles. The van der Waals surface area contributed by atoms with Crippen LogP contribution in [0.25, 0.3) is 11.0 Å². The molecule has 0 radical (unpaired) electrons. The predicted molar refractivity (Wildman–Crippen MR) is 90.4 cm³/mol.